The molecule has 4 nitrogen and oxygen atoms in total. The van der Waals surface area contributed by atoms with E-state index >= 15 is 0 Å². The summed E-state index contributed by atoms with van der Waals surface area (Å²) in [7, 11) is 0. The second kappa shape index (κ2) is 4.72. The Morgan fingerprint density at radius 1 is 1.53 bits per heavy atom. The van der Waals surface area contributed by atoms with Crippen LogP contribution in [0.4, 0.5) is 13.2 Å². The number of likely N-dealkylation sites (tertiary alicyclic amines) is 1. The maximum absolute atomic E-state index is 12.7. The highest BCUT2D eigenvalue weighted by molar-refractivity contribution is 5.83. The van der Waals surface area contributed by atoms with Gasteiger partial charge in [-0.05, 0) is 18.4 Å². The van der Waals surface area contributed by atoms with Gasteiger partial charge in [0.1, 0.15) is 5.92 Å². The highest BCUT2D eigenvalue weighted by atomic mass is 19.4. The summed E-state index contributed by atoms with van der Waals surface area (Å²) in [5, 5.41) is 10.9. The lowest BCUT2D eigenvalue weighted by molar-refractivity contribution is -0.159. The highest BCUT2D eigenvalue weighted by Gasteiger charge is 2.45. The van der Waals surface area contributed by atoms with Crippen molar-refractivity contribution in [2.45, 2.75) is 26.4 Å². The fourth-order valence-electron chi connectivity index (χ4n) is 2.07. The number of nitrogens with zero attached hydrogens (tertiary/aromatic N) is 2. The molecule has 1 atom stereocenters. The van der Waals surface area contributed by atoms with Crippen LogP contribution in [0.25, 0.3) is 0 Å². The van der Waals surface area contributed by atoms with E-state index in [4.69, 9.17) is 10.9 Å². The van der Waals surface area contributed by atoms with Gasteiger partial charge in [0, 0.05) is 13.1 Å². The van der Waals surface area contributed by atoms with E-state index < -0.39 is 17.9 Å². The van der Waals surface area contributed by atoms with Crippen LogP contribution in [0.2, 0.25) is 0 Å². The topological polar surface area (TPSA) is 61.8 Å². The van der Waals surface area contributed by atoms with Gasteiger partial charge in [0.2, 0.25) is 0 Å². The molecule has 0 amide bonds. The molecule has 100 valence electrons. The van der Waals surface area contributed by atoms with Crippen LogP contribution in [-0.4, -0.2) is 41.8 Å². The number of alkyl halides is 3. The minimum atomic E-state index is -4.48. The molecule has 0 saturated carbocycles. The summed E-state index contributed by atoms with van der Waals surface area (Å²) < 4.78 is 38.1. The molecule has 0 aliphatic carbocycles. The maximum Gasteiger partial charge on any atom is 0.400 e. The lowest BCUT2D eigenvalue weighted by Crippen LogP contribution is -2.44. The van der Waals surface area contributed by atoms with Crippen LogP contribution in [0.15, 0.2) is 5.16 Å². The number of halogens is 3. The van der Waals surface area contributed by atoms with Gasteiger partial charge in [-0.3, -0.25) is 0 Å². The van der Waals surface area contributed by atoms with Gasteiger partial charge < -0.3 is 15.8 Å². The first kappa shape index (κ1) is 14.1. The fourth-order valence-corrected chi connectivity index (χ4v) is 2.07. The van der Waals surface area contributed by atoms with Crippen molar-refractivity contribution in [3.05, 3.63) is 0 Å². The molecule has 1 heterocycles. The normalized spacial score (nSPS) is 23.9. The summed E-state index contributed by atoms with van der Waals surface area (Å²) in [4.78, 5) is 1.70. The molecule has 0 spiro atoms. The summed E-state index contributed by atoms with van der Waals surface area (Å²) >= 11 is 0. The first-order valence-corrected chi connectivity index (χ1v) is 5.42. The van der Waals surface area contributed by atoms with Gasteiger partial charge in [0.25, 0.3) is 0 Å². The summed E-state index contributed by atoms with van der Waals surface area (Å²) in [6, 6.07) is 0. The zero-order valence-electron chi connectivity index (χ0n) is 9.96. The number of rotatable bonds is 3. The molecule has 0 aromatic heterocycles. The third kappa shape index (κ3) is 3.76. The lowest BCUT2D eigenvalue weighted by atomic mass is 9.93. The molecule has 17 heavy (non-hydrogen) atoms. The van der Waals surface area contributed by atoms with Crippen molar-refractivity contribution in [3.8, 4) is 0 Å². The third-order valence-electron chi connectivity index (χ3n) is 3.06. The largest absolute Gasteiger partial charge is 0.409 e. The van der Waals surface area contributed by atoms with Crippen LogP contribution in [0.3, 0.4) is 0 Å². The predicted molar refractivity (Wildman–Crippen MR) is 57.8 cm³/mol. The summed E-state index contributed by atoms with van der Waals surface area (Å²) in [5.41, 5.74) is 5.13. The van der Waals surface area contributed by atoms with E-state index in [1.165, 1.54) is 0 Å². The Bertz CT molecular complexity index is 302. The average molecular weight is 253 g/mol. The standard InChI is InChI=1S/C10H18F3N3O/c1-9(2)3-4-16(6-9)5-7(8(14)15-17)10(11,12)13/h7,17H,3-6H2,1-2H3,(H2,14,15). The molecule has 0 radical (unpaired) electrons. The average Bonchev–Trinajstić information content (AvgIpc) is 2.52. The minimum Gasteiger partial charge on any atom is -0.409 e. The number of hydrogen-bond donors (Lipinski definition) is 2. The number of oxime groups is 1. The fraction of sp³-hybridized carbons (Fsp3) is 0.900. The van der Waals surface area contributed by atoms with Crippen LogP contribution < -0.4 is 5.73 Å². The Morgan fingerprint density at radius 3 is 2.47 bits per heavy atom. The molecule has 1 aliphatic rings. The third-order valence-corrected chi connectivity index (χ3v) is 3.06. The van der Waals surface area contributed by atoms with Crippen molar-refractivity contribution < 1.29 is 18.4 Å². The Kier molecular flexibility index (Phi) is 3.91. The van der Waals surface area contributed by atoms with E-state index in [0.717, 1.165) is 6.42 Å². The van der Waals surface area contributed by atoms with Gasteiger partial charge in [-0.2, -0.15) is 13.2 Å². The molecule has 1 rings (SSSR count). The first-order valence-electron chi connectivity index (χ1n) is 5.42. The number of nitrogens with two attached hydrogens (primary N) is 1. The maximum atomic E-state index is 12.7. The molecule has 3 N–H and O–H groups in total. The first-order chi connectivity index (χ1) is 7.65. The van der Waals surface area contributed by atoms with Crippen molar-refractivity contribution in [1.29, 1.82) is 0 Å². The molecule has 0 bridgehead atoms. The minimum absolute atomic E-state index is 0.0290. The second-order valence-corrected chi connectivity index (χ2v) is 5.27. The van der Waals surface area contributed by atoms with Gasteiger partial charge >= 0.3 is 6.18 Å². The quantitative estimate of drug-likeness (QED) is 0.348. The van der Waals surface area contributed by atoms with Crippen LogP contribution in [-0.2, 0) is 0 Å². The molecule has 0 aromatic rings. The smallest absolute Gasteiger partial charge is 0.400 e. The van der Waals surface area contributed by atoms with E-state index in [1.807, 2.05) is 13.8 Å². The van der Waals surface area contributed by atoms with Gasteiger partial charge in [0.05, 0.1) is 0 Å². The monoisotopic (exact) mass is 253 g/mol. The van der Waals surface area contributed by atoms with Gasteiger partial charge in [0.15, 0.2) is 5.84 Å². The molecule has 1 saturated heterocycles. The van der Waals surface area contributed by atoms with E-state index in [-0.39, 0.29) is 12.0 Å². The molecule has 7 heteroatoms. The Labute approximate surface area is 98.3 Å². The molecular formula is C10H18F3N3O. The Morgan fingerprint density at radius 2 is 2.12 bits per heavy atom. The van der Waals surface area contributed by atoms with Crippen LogP contribution in [0, 0.1) is 11.3 Å². The molecule has 1 unspecified atom stereocenters. The van der Waals surface area contributed by atoms with Crippen molar-refractivity contribution in [2.24, 2.45) is 22.2 Å². The zero-order valence-corrected chi connectivity index (χ0v) is 9.96. The molecular weight excluding hydrogens is 235 g/mol. The van der Waals surface area contributed by atoms with E-state index in [2.05, 4.69) is 5.16 Å². The van der Waals surface area contributed by atoms with Crippen molar-refractivity contribution in [3.63, 3.8) is 0 Å². The molecule has 1 aliphatic heterocycles. The Hall–Kier alpha value is -0.980. The van der Waals surface area contributed by atoms with Gasteiger partial charge in [-0.15, -0.1) is 0 Å². The highest BCUT2D eigenvalue weighted by Crippen LogP contribution is 2.32. The summed E-state index contributed by atoms with van der Waals surface area (Å²) in [6.45, 7) is 4.98. The molecule has 1 fully saturated rings. The lowest BCUT2D eigenvalue weighted by Gasteiger charge is -2.25. The molecule has 0 aromatic carbocycles. The SMILES string of the molecule is CC1(C)CCN(CC(C(N)=NO)C(F)(F)F)C1. The van der Waals surface area contributed by atoms with Gasteiger partial charge in [-0.1, -0.05) is 19.0 Å². The number of amidine groups is 1. The van der Waals surface area contributed by atoms with Crippen molar-refractivity contribution in [1.82, 2.24) is 4.90 Å². The van der Waals surface area contributed by atoms with Crippen molar-refractivity contribution >= 4 is 5.84 Å². The second-order valence-electron chi connectivity index (χ2n) is 5.27. The zero-order chi connectivity index (χ0) is 13.3. The summed E-state index contributed by atoms with van der Waals surface area (Å²) in [5.74, 6) is -2.68. The predicted octanol–water partition coefficient (Wildman–Crippen LogP) is 1.64. The van der Waals surface area contributed by atoms with Crippen molar-refractivity contribution in [2.75, 3.05) is 19.6 Å². The van der Waals surface area contributed by atoms with Crippen LogP contribution in [0.1, 0.15) is 20.3 Å². The summed E-state index contributed by atoms with van der Waals surface area (Å²) in [6.07, 6.45) is -3.63. The van der Waals surface area contributed by atoms with E-state index in [9.17, 15) is 13.2 Å². The van der Waals surface area contributed by atoms with Crippen LogP contribution in [0.5, 0.6) is 0 Å². The van der Waals surface area contributed by atoms with E-state index in [0.29, 0.717) is 13.1 Å². The Balaban J connectivity index is 2.69. The van der Waals surface area contributed by atoms with E-state index in [1.54, 1.807) is 4.90 Å². The van der Waals surface area contributed by atoms with Crippen LogP contribution >= 0.6 is 0 Å². The van der Waals surface area contributed by atoms with Gasteiger partial charge in [-0.25, -0.2) is 0 Å². The number of hydrogen-bond acceptors (Lipinski definition) is 3.